The van der Waals surface area contributed by atoms with E-state index in [0.29, 0.717) is 25.9 Å². The lowest BCUT2D eigenvalue weighted by molar-refractivity contribution is 0.0596. The fourth-order valence-electron chi connectivity index (χ4n) is 3.05. The Hall–Kier alpha value is -1.90. The number of H-pyrrole nitrogens is 1. The second-order valence-corrected chi connectivity index (χ2v) is 8.18. The number of hydrogen-bond donors (Lipinski definition) is 1. The summed E-state index contributed by atoms with van der Waals surface area (Å²) in [7, 11) is -2.60. The van der Waals surface area contributed by atoms with Gasteiger partial charge in [-0.2, -0.15) is 9.40 Å². The van der Waals surface area contributed by atoms with Gasteiger partial charge in [-0.3, -0.25) is 5.10 Å². The summed E-state index contributed by atoms with van der Waals surface area (Å²) in [6.45, 7) is 0.753. The molecule has 2 aromatic rings. The van der Waals surface area contributed by atoms with Crippen molar-refractivity contribution in [3.8, 4) is 0 Å². The van der Waals surface area contributed by atoms with Gasteiger partial charge in [-0.05, 0) is 42.5 Å². The molecule has 1 saturated heterocycles. The number of carbonyl (C=O) groups excluding carboxylic acids is 1. The average Bonchev–Trinajstić information content (AvgIpc) is 3.15. The van der Waals surface area contributed by atoms with Crippen LogP contribution in [0.3, 0.4) is 0 Å². The number of halogens is 1. The number of methoxy groups -OCH3 is 1. The van der Waals surface area contributed by atoms with Crippen LogP contribution in [-0.4, -0.2) is 49.1 Å². The third kappa shape index (κ3) is 3.56. The van der Waals surface area contributed by atoms with Gasteiger partial charge < -0.3 is 4.74 Å². The van der Waals surface area contributed by atoms with Gasteiger partial charge in [0.25, 0.3) is 0 Å². The maximum Gasteiger partial charge on any atom is 0.339 e. The molecule has 1 fully saturated rings. The Morgan fingerprint density at radius 1 is 1.36 bits per heavy atom. The lowest BCUT2D eigenvalue weighted by Crippen LogP contribution is -2.38. The third-order valence-electron chi connectivity index (χ3n) is 4.41. The molecule has 0 bridgehead atoms. The van der Waals surface area contributed by atoms with Crippen molar-refractivity contribution in [3.63, 3.8) is 0 Å². The van der Waals surface area contributed by atoms with Crippen molar-refractivity contribution in [3.05, 3.63) is 46.7 Å². The molecule has 1 N–H and O–H groups in total. The van der Waals surface area contributed by atoms with Crippen molar-refractivity contribution in [1.29, 1.82) is 0 Å². The molecule has 0 amide bonds. The first kappa shape index (κ1) is 17.9. The average molecular weight is 384 g/mol. The van der Waals surface area contributed by atoms with Crippen LogP contribution >= 0.6 is 11.6 Å². The Morgan fingerprint density at radius 3 is 2.68 bits per heavy atom. The van der Waals surface area contributed by atoms with Crippen LogP contribution in [0.2, 0.25) is 5.02 Å². The number of piperidine rings is 1. The SMILES string of the molecule is COC(=O)c1cc(Cl)ccc1S(=O)(=O)N1CCC(c2cn[nH]c2)CC1. The van der Waals surface area contributed by atoms with Crippen LogP contribution < -0.4 is 0 Å². The second kappa shape index (κ2) is 7.15. The van der Waals surface area contributed by atoms with E-state index in [1.165, 1.54) is 29.6 Å². The van der Waals surface area contributed by atoms with E-state index in [1.54, 1.807) is 6.20 Å². The van der Waals surface area contributed by atoms with Crippen molar-refractivity contribution in [1.82, 2.24) is 14.5 Å². The number of nitrogens with one attached hydrogen (secondary N) is 1. The monoisotopic (exact) mass is 383 g/mol. The molecule has 1 aliphatic heterocycles. The molecule has 25 heavy (non-hydrogen) atoms. The largest absolute Gasteiger partial charge is 0.465 e. The minimum atomic E-state index is -3.81. The van der Waals surface area contributed by atoms with Crippen molar-refractivity contribution in [2.75, 3.05) is 20.2 Å². The van der Waals surface area contributed by atoms with E-state index in [2.05, 4.69) is 14.9 Å². The molecule has 3 rings (SSSR count). The van der Waals surface area contributed by atoms with Crippen LogP contribution in [0.4, 0.5) is 0 Å². The first-order chi connectivity index (χ1) is 11.9. The number of aromatic nitrogens is 2. The predicted octanol–water partition coefficient (Wildman–Crippen LogP) is 2.42. The van der Waals surface area contributed by atoms with E-state index in [4.69, 9.17) is 11.6 Å². The number of nitrogens with zero attached hydrogens (tertiary/aromatic N) is 2. The van der Waals surface area contributed by atoms with Crippen molar-refractivity contribution < 1.29 is 17.9 Å². The van der Waals surface area contributed by atoms with Crippen LogP contribution in [0, 0.1) is 0 Å². The molecule has 9 heteroatoms. The highest BCUT2D eigenvalue weighted by atomic mass is 35.5. The van der Waals surface area contributed by atoms with Crippen molar-refractivity contribution in [2.24, 2.45) is 0 Å². The van der Waals surface area contributed by atoms with E-state index in [0.717, 1.165) is 5.56 Å². The summed E-state index contributed by atoms with van der Waals surface area (Å²) in [6, 6.07) is 4.13. The smallest absolute Gasteiger partial charge is 0.339 e. The molecule has 0 atom stereocenters. The van der Waals surface area contributed by atoms with Crippen LogP contribution in [-0.2, 0) is 14.8 Å². The van der Waals surface area contributed by atoms with Gasteiger partial charge in [-0.25, -0.2) is 13.2 Å². The Morgan fingerprint density at radius 2 is 2.08 bits per heavy atom. The number of benzene rings is 1. The van der Waals surface area contributed by atoms with Crippen molar-refractivity contribution >= 4 is 27.6 Å². The molecule has 1 aromatic carbocycles. The van der Waals surface area contributed by atoms with Gasteiger partial charge in [0.1, 0.15) is 0 Å². The zero-order valence-corrected chi connectivity index (χ0v) is 15.2. The van der Waals surface area contributed by atoms with E-state index in [-0.39, 0.29) is 21.4 Å². The number of ether oxygens (including phenoxy) is 1. The molecule has 1 aliphatic rings. The summed E-state index contributed by atoms with van der Waals surface area (Å²) in [4.78, 5) is 11.9. The molecule has 2 heterocycles. The summed E-state index contributed by atoms with van der Waals surface area (Å²) >= 11 is 5.90. The second-order valence-electron chi connectivity index (χ2n) is 5.84. The number of sulfonamides is 1. The van der Waals surface area contributed by atoms with E-state index >= 15 is 0 Å². The molecular weight excluding hydrogens is 366 g/mol. The fraction of sp³-hybridized carbons (Fsp3) is 0.375. The highest BCUT2D eigenvalue weighted by Crippen LogP contribution is 2.31. The topological polar surface area (TPSA) is 92.4 Å². The highest BCUT2D eigenvalue weighted by Gasteiger charge is 2.33. The molecule has 0 saturated carbocycles. The molecule has 0 aliphatic carbocycles. The Kier molecular flexibility index (Phi) is 5.12. The van der Waals surface area contributed by atoms with Gasteiger partial charge in [0.15, 0.2) is 0 Å². The zero-order chi connectivity index (χ0) is 18.0. The van der Waals surface area contributed by atoms with Crippen LogP contribution in [0.25, 0.3) is 0 Å². The third-order valence-corrected chi connectivity index (χ3v) is 6.60. The maximum atomic E-state index is 13.0. The number of hydrogen-bond acceptors (Lipinski definition) is 5. The first-order valence-corrected chi connectivity index (χ1v) is 9.62. The molecule has 7 nitrogen and oxygen atoms in total. The summed E-state index contributed by atoms with van der Waals surface area (Å²) in [5.74, 6) is -0.454. The number of aromatic amines is 1. The normalized spacial score (nSPS) is 16.7. The van der Waals surface area contributed by atoms with E-state index < -0.39 is 16.0 Å². The molecule has 1 aromatic heterocycles. The number of rotatable bonds is 4. The minimum absolute atomic E-state index is 0.0491. The van der Waals surface area contributed by atoms with Gasteiger partial charge in [0.2, 0.25) is 10.0 Å². The summed E-state index contributed by atoms with van der Waals surface area (Å²) in [6.07, 6.45) is 4.99. The van der Waals surface area contributed by atoms with Gasteiger partial charge in [0, 0.05) is 24.3 Å². The van der Waals surface area contributed by atoms with Gasteiger partial charge in [0.05, 0.1) is 23.8 Å². The predicted molar refractivity (Wildman–Crippen MR) is 92.1 cm³/mol. The minimum Gasteiger partial charge on any atom is -0.465 e. The van der Waals surface area contributed by atoms with Crippen molar-refractivity contribution in [2.45, 2.75) is 23.7 Å². The Bertz CT molecular complexity index is 860. The zero-order valence-electron chi connectivity index (χ0n) is 13.6. The summed E-state index contributed by atoms with van der Waals surface area (Å²) in [5.41, 5.74) is 1.03. The lowest BCUT2D eigenvalue weighted by atomic mass is 9.93. The molecule has 0 unspecified atom stereocenters. The Labute approximate surface area is 151 Å². The standard InChI is InChI=1S/C16H18ClN3O4S/c1-24-16(21)14-8-13(17)2-3-15(14)25(22,23)20-6-4-11(5-7-20)12-9-18-19-10-12/h2-3,8-11H,4-7H2,1H3,(H,18,19). The van der Waals surface area contributed by atoms with Gasteiger partial charge in [-0.1, -0.05) is 11.6 Å². The number of esters is 1. The number of carbonyl (C=O) groups is 1. The first-order valence-electron chi connectivity index (χ1n) is 7.80. The summed E-state index contributed by atoms with van der Waals surface area (Å²) in [5, 5.41) is 7.00. The van der Waals surface area contributed by atoms with Crippen LogP contribution in [0.1, 0.15) is 34.7 Å². The molecule has 0 spiro atoms. The maximum absolute atomic E-state index is 13.0. The molecule has 0 radical (unpaired) electrons. The summed E-state index contributed by atoms with van der Waals surface area (Å²) < 4.78 is 32.1. The quantitative estimate of drug-likeness (QED) is 0.818. The van der Waals surface area contributed by atoms with E-state index in [1.807, 2.05) is 6.20 Å². The molecule has 134 valence electrons. The fourth-order valence-corrected chi connectivity index (χ4v) is 4.85. The van der Waals surface area contributed by atoms with Crippen LogP contribution in [0.5, 0.6) is 0 Å². The Balaban J connectivity index is 1.84. The van der Waals surface area contributed by atoms with Gasteiger partial charge in [-0.15, -0.1) is 0 Å². The lowest BCUT2D eigenvalue weighted by Gasteiger charge is -2.31. The highest BCUT2D eigenvalue weighted by molar-refractivity contribution is 7.89. The molecular formula is C16H18ClN3O4S. The van der Waals surface area contributed by atoms with Gasteiger partial charge >= 0.3 is 5.97 Å². The van der Waals surface area contributed by atoms with E-state index in [9.17, 15) is 13.2 Å². The van der Waals surface area contributed by atoms with Crippen LogP contribution in [0.15, 0.2) is 35.5 Å².